The summed E-state index contributed by atoms with van der Waals surface area (Å²) >= 11 is 0.929. The van der Waals surface area contributed by atoms with Gasteiger partial charge < -0.3 is 0 Å². The number of hydrazine groups is 1. The van der Waals surface area contributed by atoms with E-state index < -0.39 is 6.43 Å². The number of halogens is 2. The Morgan fingerprint density at radius 1 is 1.46 bits per heavy atom. The van der Waals surface area contributed by atoms with Gasteiger partial charge in [-0.3, -0.25) is 5.01 Å². The summed E-state index contributed by atoms with van der Waals surface area (Å²) in [5.41, 5.74) is 3.02. The molecule has 2 rings (SSSR count). The topological polar surface area (TPSA) is 41.1 Å². The largest absolute Gasteiger partial charge is 0.291 e. The zero-order valence-corrected chi connectivity index (χ0v) is 7.52. The molecule has 1 aliphatic heterocycles. The predicted molar refractivity (Wildman–Crippen MR) is 44.8 cm³/mol. The normalized spacial score (nSPS) is 17.3. The molecule has 72 valence electrons. The van der Waals surface area contributed by atoms with E-state index in [0.717, 1.165) is 30.8 Å². The quantitative estimate of drug-likeness (QED) is 0.789. The summed E-state index contributed by atoms with van der Waals surface area (Å²) in [6.07, 6.45) is -1.52. The highest BCUT2D eigenvalue weighted by Gasteiger charge is 2.19. The first kappa shape index (κ1) is 8.76. The molecule has 1 aromatic heterocycles. The minimum Gasteiger partial charge on any atom is -0.282 e. The molecule has 0 aromatic carbocycles. The first-order chi connectivity index (χ1) is 6.27. The van der Waals surface area contributed by atoms with E-state index in [4.69, 9.17) is 0 Å². The number of nitrogens with zero attached hydrogens (tertiary/aromatic N) is 3. The zero-order valence-electron chi connectivity index (χ0n) is 6.70. The van der Waals surface area contributed by atoms with E-state index in [-0.39, 0.29) is 5.01 Å². The van der Waals surface area contributed by atoms with Crippen LogP contribution in [0.2, 0.25) is 0 Å². The summed E-state index contributed by atoms with van der Waals surface area (Å²) in [4.78, 5) is 0. The highest BCUT2D eigenvalue weighted by Crippen LogP contribution is 2.27. The Bertz CT molecular complexity index is 284. The van der Waals surface area contributed by atoms with E-state index >= 15 is 0 Å². The molecule has 0 atom stereocenters. The van der Waals surface area contributed by atoms with Gasteiger partial charge in [0.1, 0.15) is 0 Å². The average Bonchev–Trinajstić information content (AvgIpc) is 2.75. The molecule has 0 unspecified atom stereocenters. The molecule has 13 heavy (non-hydrogen) atoms. The summed E-state index contributed by atoms with van der Waals surface area (Å²) in [5, 5.41) is 9.12. The lowest BCUT2D eigenvalue weighted by Crippen LogP contribution is -2.30. The van der Waals surface area contributed by atoms with Crippen LogP contribution in [-0.2, 0) is 0 Å². The van der Waals surface area contributed by atoms with Crippen molar-refractivity contribution < 1.29 is 8.78 Å². The summed E-state index contributed by atoms with van der Waals surface area (Å²) in [6, 6.07) is 0. The monoisotopic (exact) mass is 206 g/mol. The van der Waals surface area contributed by atoms with Crippen LogP contribution in [0.4, 0.5) is 13.9 Å². The van der Waals surface area contributed by atoms with Gasteiger partial charge in [0.25, 0.3) is 6.43 Å². The van der Waals surface area contributed by atoms with Crippen LogP contribution in [0.15, 0.2) is 0 Å². The van der Waals surface area contributed by atoms with Gasteiger partial charge >= 0.3 is 0 Å². The fourth-order valence-electron chi connectivity index (χ4n) is 1.12. The third-order valence-electron chi connectivity index (χ3n) is 1.71. The molecule has 0 bridgehead atoms. The molecule has 1 saturated heterocycles. The van der Waals surface area contributed by atoms with Crippen molar-refractivity contribution in [1.29, 1.82) is 0 Å². The van der Waals surface area contributed by atoms with Crippen molar-refractivity contribution in [2.75, 3.05) is 18.1 Å². The maximum Gasteiger partial charge on any atom is 0.291 e. The molecule has 1 fully saturated rings. The Morgan fingerprint density at radius 3 is 2.85 bits per heavy atom. The molecule has 0 saturated carbocycles. The van der Waals surface area contributed by atoms with Crippen molar-refractivity contribution in [2.24, 2.45) is 0 Å². The lowest BCUT2D eigenvalue weighted by Gasteiger charge is -2.11. The van der Waals surface area contributed by atoms with Gasteiger partial charge in [0.05, 0.1) is 0 Å². The van der Waals surface area contributed by atoms with Crippen LogP contribution in [0.5, 0.6) is 0 Å². The van der Waals surface area contributed by atoms with Gasteiger partial charge in [0.15, 0.2) is 5.01 Å². The molecule has 0 spiro atoms. The molecular formula is C6H8F2N4S. The van der Waals surface area contributed by atoms with Crippen LogP contribution in [0.1, 0.15) is 17.9 Å². The molecule has 1 aromatic rings. The van der Waals surface area contributed by atoms with Gasteiger partial charge in [-0.25, -0.2) is 14.2 Å². The standard InChI is InChI=1S/C6H8F2N4S/c7-4(8)5-10-11-6(13-5)12-3-1-2-9-12/h4,9H,1-3H2. The number of hydrogen-bond donors (Lipinski definition) is 1. The second kappa shape index (κ2) is 3.51. The molecule has 2 heterocycles. The van der Waals surface area contributed by atoms with Crippen molar-refractivity contribution in [3.05, 3.63) is 5.01 Å². The molecule has 0 amide bonds. The van der Waals surface area contributed by atoms with Crippen LogP contribution in [-0.4, -0.2) is 23.3 Å². The number of hydrogen-bond acceptors (Lipinski definition) is 5. The predicted octanol–water partition coefficient (Wildman–Crippen LogP) is 1.19. The van der Waals surface area contributed by atoms with Crippen molar-refractivity contribution >= 4 is 16.5 Å². The first-order valence-electron chi connectivity index (χ1n) is 3.90. The van der Waals surface area contributed by atoms with Gasteiger partial charge in [0.2, 0.25) is 5.13 Å². The summed E-state index contributed by atoms with van der Waals surface area (Å²) < 4.78 is 24.3. The highest BCUT2D eigenvalue weighted by molar-refractivity contribution is 7.15. The second-order valence-electron chi connectivity index (χ2n) is 2.64. The maximum absolute atomic E-state index is 12.1. The van der Waals surface area contributed by atoms with Gasteiger partial charge in [-0.15, -0.1) is 10.2 Å². The number of alkyl halides is 2. The summed E-state index contributed by atoms with van der Waals surface area (Å²) in [5.74, 6) is 0. The average molecular weight is 206 g/mol. The molecule has 7 heteroatoms. The molecule has 1 aliphatic rings. The van der Waals surface area contributed by atoms with Crippen molar-refractivity contribution in [1.82, 2.24) is 15.6 Å². The third-order valence-corrected chi connectivity index (χ3v) is 2.66. The molecule has 0 aliphatic carbocycles. The lowest BCUT2D eigenvalue weighted by molar-refractivity contribution is 0.150. The fourth-order valence-corrected chi connectivity index (χ4v) is 1.82. The third kappa shape index (κ3) is 1.75. The van der Waals surface area contributed by atoms with E-state index in [1.54, 1.807) is 5.01 Å². The van der Waals surface area contributed by atoms with E-state index in [0.29, 0.717) is 5.13 Å². The lowest BCUT2D eigenvalue weighted by atomic mass is 10.5. The second-order valence-corrected chi connectivity index (χ2v) is 3.62. The van der Waals surface area contributed by atoms with E-state index in [1.165, 1.54) is 0 Å². The summed E-state index contributed by atoms with van der Waals surface area (Å²) in [6.45, 7) is 1.67. The van der Waals surface area contributed by atoms with Gasteiger partial charge in [0, 0.05) is 13.1 Å². The van der Waals surface area contributed by atoms with Crippen molar-refractivity contribution in [3.8, 4) is 0 Å². The van der Waals surface area contributed by atoms with Crippen LogP contribution < -0.4 is 10.4 Å². The smallest absolute Gasteiger partial charge is 0.282 e. The molecule has 4 nitrogen and oxygen atoms in total. The van der Waals surface area contributed by atoms with Crippen molar-refractivity contribution in [2.45, 2.75) is 12.8 Å². The van der Waals surface area contributed by atoms with E-state index in [9.17, 15) is 8.78 Å². The van der Waals surface area contributed by atoms with Crippen LogP contribution in [0, 0.1) is 0 Å². The number of aromatic nitrogens is 2. The number of nitrogens with one attached hydrogen (secondary N) is 1. The fraction of sp³-hybridized carbons (Fsp3) is 0.667. The Balaban J connectivity index is 2.12. The zero-order chi connectivity index (χ0) is 9.26. The molecule has 0 radical (unpaired) electrons. The maximum atomic E-state index is 12.1. The SMILES string of the molecule is FC(F)c1nnc(N2CCCN2)s1. The van der Waals surface area contributed by atoms with Crippen LogP contribution in [0.25, 0.3) is 0 Å². The Labute approximate surface area is 77.5 Å². The Hall–Kier alpha value is -0.820. The van der Waals surface area contributed by atoms with Gasteiger partial charge in [-0.2, -0.15) is 0 Å². The summed E-state index contributed by atoms with van der Waals surface area (Å²) in [7, 11) is 0. The van der Waals surface area contributed by atoms with Gasteiger partial charge in [-0.05, 0) is 6.42 Å². The first-order valence-corrected chi connectivity index (χ1v) is 4.71. The minimum absolute atomic E-state index is 0.219. The van der Waals surface area contributed by atoms with E-state index in [2.05, 4.69) is 15.6 Å². The molecule has 1 N–H and O–H groups in total. The number of rotatable bonds is 2. The van der Waals surface area contributed by atoms with Crippen molar-refractivity contribution in [3.63, 3.8) is 0 Å². The Morgan fingerprint density at radius 2 is 2.31 bits per heavy atom. The minimum atomic E-state index is -2.52. The Kier molecular flexibility index (Phi) is 2.36. The van der Waals surface area contributed by atoms with Crippen LogP contribution >= 0.6 is 11.3 Å². The number of anilines is 1. The van der Waals surface area contributed by atoms with Gasteiger partial charge in [-0.1, -0.05) is 11.3 Å². The highest BCUT2D eigenvalue weighted by atomic mass is 32.1. The van der Waals surface area contributed by atoms with E-state index in [1.807, 2.05) is 0 Å². The van der Waals surface area contributed by atoms with Crippen LogP contribution in [0.3, 0.4) is 0 Å². The molecular weight excluding hydrogens is 198 g/mol.